The summed E-state index contributed by atoms with van der Waals surface area (Å²) < 4.78 is 5.27. The molecule has 1 atom stereocenters. The summed E-state index contributed by atoms with van der Waals surface area (Å²) in [4.78, 5) is 15.0. The Morgan fingerprint density at radius 1 is 0.920 bits per heavy atom. The van der Waals surface area contributed by atoms with Gasteiger partial charge in [0.05, 0.1) is 7.11 Å². The van der Waals surface area contributed by atoms with Gasteiger partial charge in [-0.2, -0.15) is 0 Å². The first kappa shape index (κ1) is 17.5. The van der Waals surface area contributed by atoms with Gasteiger partial charge in [-0.15, -0.1) is 0 Å². The highest BCUT2D eigenvalue weighted by Crippen LogP contribution is 2.30. The molecule has 0 aliphatic carbocycles. The van der Waals surface area contributed by atoms with Crippen molar-refractivity contribution in [3.8, 4) is 5.75 Å². The van der Waals surface area contributed by atoms with Gasteiger partial charge in [-0.3, -0.25) is 4.79 Å². The molecule has 0 saturated carbocycles. The van der Waals surface area contributed by atoms with Crippen LogP contribution in [0.15, 0.2) is 54.6 Å². The van der Waals surface area contributed by atoms with Crippen molar-refractivity contribution in [2.24, 2.45) is 0 Å². The van der Waals surface area contributed by atoms with Crippen LogP contribution >= 0.6 is 0 Å². The molecular formula is C22H27NO2. The molecule has 2 aromatic carbocycles. The van der Waals surface area contributed by atoms with Crippen molar-refractivity contribution in [3.63, 3.8) is 0 Å². The number of hydrogen-bond donors (Lipinski definition) is 0. The summed E-state index contributed by atoms with van der Waals surface area (Å²) in [6, 6.07) is 18.4. The van der Waals surface area contributed by atoms with Crippen LogP contribution in [-0.4, -0.2) is 31.0 Å². The molecule has 1 heterocycles. The molecule has 0 N–H and O–H groups in total. The van der Waals surface area contributed by atoms with Crippen LogP contribution in [0.3, 0.4) is 0 Å². The normalized spacial score (nSPS) is 16.1. The number of ether oxygens (including phenoxy) is 1. The van der Waals surface area contributed by atoms with Crippen LogP contribution in [0, 0.1) is 0 Å². The number of likely N-dealkylation sites (tertiary alicyclic amines) is 1. The Bertz CT molecular complexity index is 658. The molecular weight excluding hydrogens is 310 g/mol. The largest absolute Gasteiger partial charge is 0.497 e. The van der Waals surface area contributed by atoms with Crippen molar-refractivity contribution in [3.05, 3.63) is 65.7 Å². The van der Waals surface area contributed by atoms with E-state index in [9.17, 15) is 4.79 Å². The molecule has 132 valence electrons. The maximum Gasteiger partial charge on any atom is 0.223 e. The first-order chi connectivity index (χ1) is 12.3. The lowest BCUT2D eigenvalue weighted by Gasteiger charge is -2.24. The van der Waals surface area contributed by atoms with E-state index in [1.807, 2.05) is 30.3 Å². The first-order valence-electron chi connectivity index (χ1n) is 9.24. The van der Waals surface area contributed by atoms with Crippen molar-refractivity contribution >= 4 is 5.91 Å². The van der Waals surface area contributed by atoms with E-state index in [1.165, 1.54) is 18.4 Å². The van der Waals surface area contributed by atoms with Crippen molar-refractivity contribution in [2.45, 2.75) is 38.0 Å². The summed E-state index contributed by atoms with van der Waals surface area (Å²) in [6.45, 7) is 1.81. The van der Waals surface area contributed by atoms with Crippen LogP contribution < -0.4 is 4.74 Å². The molecule has 0 radical (unpaired) electrons. The summed E-state index contributed by atoms with van der Waals surface area (Å²) in [5.74, 6) is 1.20. The molecule has 2 aromatic rings. The van der Waals surface area contributed by atoms with Crippen molar-refractivity contribution in [2.75, 3.05) is 20.2 Å². The van der Waals surface area contributed by atoms with Crippen molar-refractivity contribution in [1.29, 1.82) is 0 Å². The lowest BCUT2D eigenvalue weighted by Crippen LogP contribution is -2.32. The molecule has 1 saturated heterocycles. The minimum absolute atomic E-state index is 0.0860. The second-order valence-electron chi connectivity index (χ2n) is 6.74. The fourth-order valence-corrected chi connectivity index (χ4v) is 3.57. The minimum atomic E-state index is 0.0860. The zero-order valence-electron chi connectivity index (χ0n) is 15.0. The van der Waals surface area contributed by atoms with E-state index in [0.717, 1.165) is 37.2 Å². The van der Waals surface area contributed by atoms with Gasteiger partial charge in [0.2, 0.25) is 5.91 Å². The number of carbonyl (C=O) groups is 1. The van der Waals surface area contributed by atoms with Crippen molar-refractivity contribution < 1.29 is 9.53 Å². The van der Waals surface area contributed by atoms with Crippen LogP contribution in [0.5, 0.6) is 5.75 Å². The Kier molecular flexibility index (Phi) is 6.10. The van der Waals surface area contributed by atoms with E-state index < -0.39 is 0 Å². The molecule has 0 bridgehead atoms. The first-order valence-corrected chi connectivity index (χ1v) is 9.24. The third kappa shape index (κ3) is 4.62. The number of carbonyl (C=O) groups excluding carboxylic acids is 1. The summed E-state index contributed by atoms with van der Waals surface area (Å²) >= 11 is 0. The third-order valence-corrected chi connectivity index (χ3v) is 5.06. The van der Waals surface area contributed by atoms with Crippen molar-refractivity contribution in [1.82, 2.24) is 4.90 Å². The number of nitrogens with zero attached hydrogens (tertiary/aromatic N) is 1. The molecule has 1 aliphatic heterocycles. The van der Waals surface area contributed by atoms with Gasteiger partial charge in [-0.25, -0.2) is 0 Å². The quantitative estimate of drug-likeness (QED) is 0.797. The van der Waals surface area contributed by atoms with Crippen LogP contribution in [0.25, 0.3) is 0 Å². The summed E-state index contributed by atoms with van der Waals surface area (Å²) in [5, 5.41) is 0. The van der Waals surface area contributed by atoms with Crippen LogP contribution in [0.2, 0.25) is 0 Å². The fourth-order valence-electron chi connectivity index (χ4n) is 3.57. The highest BCUT2D eigenvalue weighted by molar-refractivity contribution is 5.77. The second kappa shape index (κ2) is 8.70. The number of methoxy groups -OCH3 is 1. The van der Waals surface area contributed by atoms with Gasteiger partial charge in [0.25, 0.3) is 0 Å². The lowest BCUT2D eigenvalue weighted by atomic mass is 9.88. The van der Waals surface area contributed by atoms with E-state index in [2.05, 4.69) is 29.2 Å². The van der Waals surface area contributed by atoms with E-state index >= 15 is 0 Å². The Morgan fingerprint density at radius 3 is 2.12 bits per heavy atom. The topological polar surface area (TPSA) is 29.5 Å². The highest BCUT2D eigenvalue weighted by Gasteiger charge is 2.22. The highest BCUT2D eigenvalue weighted by atomic mass is 16.5. The average Bonchev–Trinajstić information content (AvgIpc) is 2.96. The Morgan fingerprint density at radius 2 is 1.52 bits per heavy atom. The number of amides is 1. The third-order valence-electron chi connectivity index (χ3n) is 5.06. The van der Waals surface area contributed by atoms with Gasteiger partial charge in [-0.1, -0.05) is 55.3 Å². The average molecular weight is 337 g/mol. The number of hydrogen-bond acceptors (Lipinski definition) is 2. The molecule has 3 nitrogen and oxygen atoms in total. The van der Waals surface area contributed by atoms with Gasteiger partial charge >= 0.3 is 0 Å². The zero-order valence-corrected chi connectivity index (χ0v) is 15.0. The maximum absolute atomic E-state index is 12.9. The molecule has 1 unspecified atom stereocenters. The molecule has 1 aliphatic rings. The Hall–Kier alpha value is -2.29. The zero-order chi connectivity index (χ0) is 17.5. The minimum Gasteiger partial charge on any atom is -0.497 e. The molecule has 0 aromatic heterocycles. The van der Waals surface area contributed by atoms with Gasteiger partial charge in [0.1, 0.15) is 5.75 Å². The standard InChI is InChI=1S/C22H27NO2/c1-25-20-13-11-19(12-14-20)21(18-9-5-4-6-10-18)17-22(24)23-15-7-2-3-8-16-23/h4-6,9-14,21H,2-3,7-8,15-17H2,1H3. The monoisotopic (exact) mass is 337 g/mol. The van der Waals surface area contributed by atoms with E-state index in [0.29, 0.717) is 6.42 Å². The predicted octanol–water partition coefficient (Wildman–Crippen LogP) is 4.62. The van der Waals surface area contributed by atoms with Gasteiger partial charge in [0, 0.05) is 25.4 Å². The molecule has 0 spiro atoms. The molecule has 1 fully saturated rings. The lowest BCUT2D eigenvalue weighted by molar-refractivity contribution is -0.131. The van der Waals surface area contributed by atoms with E-state index in [1.54, 1.807) is 7.11 Å². The summed E-state index contributed by atoms with van der Waals surface area (Å²) in [5.41, 5.74) is 2.35. The van der Waals surface area contributed by atoms with Crippen LogP contribution in [0.1, 0.15) is 49.1 Å². The predicted molar refractivity (Wildman–Crippen MR) is 101 cm³/mol. The molecule has 3 rings (SSSR count). The summed E-state index contributed by atoms with van der Waals surface area (Å²) in [6.07, 6.45) is 5.26. The Labute approximate surface area is 150 Å². The van der Waals surface area contributed by atoms with E-state index in [-0.39, 0.29) is 11.8 Å². The van der Waals surface area contributed by atoms with Gasteiger partial charge < -0.3 is 9.64 Å². The van der Waals surface area contributed by atoms with Crippen LogP contribution in [0.4, 0.5) is 0 Å². The number of benzene rings is 2. The molecule has 1 amide bonds. The van der Waals surface area contributed by atoms with Gasteiger partial charge in [-0.05, 0) is 36.1 Å². The molecule has 25 heavy (non-hydrogen) atoms. The SMILES string of the molecule is COc1ccc(C(CC(=O)N2CCCCCC2)c2ccccc2)cc1. The fraction of sp³-hybridized carbons (Fsp3) is 0.409. The second-order valence-corrected chi connectivity index (χ2v) is 6.74. The smallest absolute Gasteiger partial charge is 0.223 e. The van der Waals surface area contributed by atoms with Crippen LogP contribution in [-0.2, 0) is 4.79 Å². The Balaban J connectivity index is 1.82. The summed E-state index contributed by atoms with van der Waals surface area (Å²) in [7, 11) is 1.67. The van der Waals surface area contributed by atoms with Gasteiger partial charge in [0.15, 0.2) is 0 Å². The molecule has 3 heteroatoms. The maximum atomic E-state index is 12.9. The van der Waals surface area contributed by atoms with E-state index in [4.69, 9.17) is 4.74 Å². The number of rotatable bonds is 5.